The molecule has 0 aromatic heterocycles. The maximum absolute atomic E-state index is 2.40. The van der Waals surface area contributed by atoms with Crippen LogP contribution in [-0.2, 0) is 10.8 Å². The standard InChI is InChI=1S/C46H38/c1-27-21-39(38-19-16-34-25-35(45(2,3)4)24-33-15-18-36(27)44(38)43(33)34)32-14-13-28-22-29(11-12-30(28)23-32)31-17-20-42-40(26-31)37-9-7-8-10-41(37)46(42,5)6/h7-26H,1-6H3. The predicted molar refractivity (Wildman–Crippen MR) is 200 cm³/mol. The van der Waals surface area contributed by atoms with E-state index < -0.39 is 0 Å². The van der Waals surface area contributed by atoms with Crippen molar-refractivity contribution in [3.63, 3.8) is 0 Å². The average Bonchev–Trinajstić information content (AvgIpc) is 3.29. The Morgan fingerprint density at radius 2 is 1.04 bits per heavy atom. The van der Waals surface area contributed by atoms with Crippen LogP contribution in [0.4, 0.5) is 0 Å². The van der Waals surface area contributed by atoms with Crippen molar-refractivity contribution < 1.29 is 0 Å². The van der Waals surface area contributed by atoms with E-state index in [4.69, 9.17) is 0 Å². The van der Waals surface area contributed by atoms with Crippen molar-refractivity contribution in [1.82, 2.24) is 0 Å². The zero-order chi connectivity index (χ0) is 31.5. The molecule has 8 aromatic carbocycles. The van der Waals surface area contributed by atoms with E-state index >= 15 is 0 Å². The van der Waals surface area contributed by atoms with Crippen molar-refractivity contribution in [2.45, 2.75) is 52.4 Å². The molecule has 0 fully saturated rings. The van der Waals surface area contributed by atoms with E-state index in [9.17, 15) is 0 Å². The number of rotatable bonds is 2. The number of aryl methyl sites for hydroxylation is 1. The Bertz CT molecular complexity index is 2510. The Labute approximate surface area is 271 Å². The second-order valence-electron chi connectivity index (χ2n) is 15.1. The van der Waals surface area contributed by atoms with Crippen LogP contribution in [0.15, 0.2) is 121 Å². The summed E-state index contributed by atoms with van der Waals surface area (Å²) in [5.74, 6) is 0. The van der Waals surface area contributed by atoms with Crippen LogP contribution in [-0.4, -0.2) is 0 Å². The molecule has 8 aromatic rings. The molecular formula is C46H38. The summed E-state index contributed by atoms with van der Waals surface area (Å²) in [6, 6.07) is 46.4. The highest BCUT2D eigenvalue weighted by molar-refractivity contribution is 6.26. The molecule has 0 bridgehead atoms. The molecule has 0 nitrogen and oxygen atoms in total. The zero-order valence-corrected chi connectivity index (χ0v) is 27.5. The van der Waals surface area contributed by atoms with Crippen molar-refractivity contribution in [3.05, 3.63) is 144 Å². The summed E-state index contributed by atoms with van der Waals surface area (Å²) in [6.45, 7) is 13.9. The fourth-order valence-corrected chi connectivity index (χ4v) is 8.26. The maximum Gasteiger partial charge on any atom is 0.0158 e. The van der Waals surface area contributed by atoms with Gasteiger partial charge in [-0.05, 0) is 129 Å². The highest BCUT2D eigenvalue weighted by Gasteiger charge is 2.35. The van der Waals surface area contributed by atoms with Crippen molar-refractivity contribution in [1.29, 1.82) is 0 Å². The summed E-state index contributed by atoms with van der Waals surface area (Å²) in [7, 11) is 0. The SMILES string of the molecule is Cc1cc(-c2ccc3cc(-c4ccc5c(c4)-c4ccccc4C5(C)C)ccc3c2)c2ccc3cc(C(C)(C)C)cc4ccc1c2c43. The molecule has 0 spiro atoms. The van der Waals surface area contributed by atoms with E-state index in [-0.39, 0.29) is 10.8 Å². The number of fused-ring (bicyclic) bond motifs is 4. The Morgan fingerprint density at radius 1 is 0.457 bits per heavy atom. The van der Waals surface area contributed by atoms with Gasteiger partial charge in [0, 0.05) is 5.41 Å². The molecule has 46 heavy (non-hydrogen) atoms. The van der Waals surface area contributed by atoms with Gasteiger partial charge in [0.25, 0.3) is 0 Å². The van der Waals surface area contributed by atoms with Gasteiger partial charge in [-0.3, -0.25) is 0 Å². The third-order valence-electron chi connectivity index (χ3n) is 10.9. The van der Waals surface area contributed by atoms with Gasteiger partial charge < -0.3 is 0 Å². The molecule has 0 aliphatic heterocycles. The first-order valence-corrected chi connectivity index (χ1v) is 16.6. The van der Waals surface area contributed by atoms with Crippen LogP contribution < -0.4 is 0 Å². The topological polar surface area (TPSA) is 0 Å². The van der Waals surface area contributed by atoms with Crippen molar-refractivity contribution in [3.8, 4) is 33.4 Å². The lowest BCUT2D eigenvalue weighted by Gasteiger charge is -2.22. The highest BCUT2D eigenvalue weighted by atomic mass is 14.4. The van der Waals surface area contributed by atoms with Gasteiger partial charge in [-0.2, -0.15) is 0 Å². The van der Waals surface area contributed by atoms with E-state index in [1.165, 1.54) is 98.7 Å². The van der Waals surface area contributed by atoms with Gasteiger partial charge in [-0.15, -0.1) is 0 Å². The second kappa shape index (κ2) is 9.30. The monoisotopic (exact) mass is 590 g/mol. The van der Waals surface area contributed by atoms with Gasteiger partial charge in [-0.25, -0.2) is 0 Å². The van der Waals surface area contributed by atoms with Gasteiger partial charge >= 0.3 is 0 Å². The highest BCUT2D eigenvalue weighted by Crippen LogP contribution is 2.50. The number of hydrogen-bond donors (Lipinski definition) is 0. The van der Waals surface area contributed by atoms with Crippen LogP contribution in [0.5, 0.6) is 0 Å². The first-order chi connectivity index (χ1) is 22.1. The van der Waals surface area contributed by atoms with Gasteiger partial charge in [0.2, 0.25) is 0 Å². The maximum atomic E-state index is 2.40. The third-order valence-corrected chi connectivity index (χ3v) is 10.9. The molecule has 0 N–H and O–H groups in total. The first kappa shape index (κ1) is 27.4. The Balaban J connectivity index is 1.16. The van der Waals surface area contributed by atoms with Gasteiger partial charge in [0.1, 0.15) is 0 Å². The summed E-state index contributed by atoms with van der Waals surface area (Å²) in [4.78, 5) is 0. The summed E-state index contributed by atoms with van der Waals surface area (Å²) in [5.41, 5.74) is 13.5. The van der Waals surface area contributed by atoms with E-state index in [2.05, 4.69) is 163 Å². The summed E-state index contributed by atoms with van der Waals surface area (Å²) in [5, 5.41) is 10.7. The third kappa shape index (κ3) is 3.86. The molecule has 0 amide bonds. The minimum absolute atomic E-state index is 0.0309. The lowest BCUT2D eigenvalue weighted by Crippen LogP contribution is -2.14. The molecule has 0 heterocycles. The fourth-order valence-electron chi connectivity index (χ4n) is 8.26. The van der Waals surface area contributed by atoms with Gasteiger partial charge in [-0.1, -0.05) is 138 Å². The Kier molecular flexibility index (Phi) is 5.54. The number of hydrogen-bond acceptors (Lipinski definition) is 0. The molecule has 9 rings (SSSR count). The lowest BCUT2D eigenvalue weighted by atomic mass is 9.82. The van der Waals surface area contributed by atoms with Crippen LogP contribution >= 0.6 is 0 Å². The number of benzene rings is 8. The van der Waals surface area contributed by atoms with Crippen LogP contribution in [0, 0.1) is 6.92 Å². The normalized spacial score (nSPS) is 14.0. The molecule has 0 atom stereocenters. The molecule has 0 radical (unpaired) electrons. The molecule has 1 aliphatic carbocycles. The molecular weight excluding hydrogens is 553 g/mol. The molecule has 0 saturated heterocycles. The summed E-state index contributed by atoms with van der Waals surface area (Å²) in [6.07, 6.45) is 0. The summed E-state index contributed by atoms with van der Waals surface area (Å²) < 4.78 is 0. The Hall–Kier alpha value is -4.94. The van der Waals surface area contributed by atoms with E-state index in [1.807, 2.05) is 0 Å². The van der Waals surface area contributed by atoms with Gasteiger partial charge in [0.15, 0.2) is 0 Å². The van der Waals surface area contributed by atoms with Crippen LogP contribution in [0.3, 0.4) is 0 Å². The van der Waals surface area contributed by atoms with Crippen molar-refractivity contribution >= 4 is 43.1 Å². The molecule has 0 unspecified atom stereocenters. The minimum atomic E-state index is 0.0309. The molecule has 0 saturated carbocycles. The zero-order valence-electron chi connectivity index (χ0n) is 27.5. The minimum Gasteiger partial charge on any atom is -0.0619 e. The van der Waals surface area contributed by atoms with Gasteiger partial charge in [0.05, 0.1) is 0 Å². The van der Waals surface area contributed by atoms with Crippen molar-refractivity contribution in [2.75, 3.05) is 0 Å². The smallest absolute Gasteiger partial charge is 0.0158 e. The quantitative estimate of drug-likeness (QED) is 0.176. The molecule has 0 heteroatoms. The van der Waals surface area contributed by atoms with Crippen LogP contribution in [0.1, 0.15) is 56.9 Å². The average molecular weight is 591 g/mol. The van der Waals surface area contributed by atoms with E-state index in [1.54, 1.807) is 0 Å². The summed E-state index contributed by atoms with van der Waals surface area (Å²) >= 11 is 0. The van der Waals surface area contributed by atoms with E-state index in [0.717, 1.165) is 0 Å². The van der Waals surface area contributed by atoms with Crippen LogP contribution in [0.2, 0.25) is 0 Å². The first-order valence-electron chi connectivity index (χ1n) is 16.6. The second-order valence-corrected chi connectivity index (χ2v) is 15.1. The van der Waals surface area contributed by atoms with E-state index in [0.29, 0.717) is 0 Å². The Morgan fingerprint density at radius 3 is 1.78 bits per heavy atom. The van der Waals surface area contributed by atoms with Crippen LogP contribution in [0.25, 0.3) is 76.5 Å². The lowest BCUT2D eigenvalue weighted by molar-refractivity contribution is 0.591. The largest absolute Gasteiger partial charge is 0.0619 e. The predicted octanol–water partition coefficient (Wildman–Crippen LogP) is 13.0. The van der Waals surface area contributed by atoms with Crippen molar-refractivity contribution in [2.24, 2.45) is 0 Å². The fraction of sp³-hybridized carbons (Fsp3) is 0.174. The molecule has 1 aliphatic rings. The molecule has 222 valence electrons.